The molecule has 0 aliphatic rings. The summed E-state index contributed by atoms with van der Waals surface area (Å²) in [6.45, 7) is 0.973. The van der Waals surface area contributed by atoms with Crippen LogP contribution in [0.3, 0.4) is 0 Å². The lowest BCUT2D eigenvalue weighted by Gasteiger charge is -2.08. The maximum atomic E-state index is 12.4. The molecule has 6 nitrogen and oxygen atoms in total. The van der Waals surface area contributed by atoms with E-state index in [0.29, 0.717) is 24.7 Å². The summed E-state index contributed by atoms with van der Waals surface area (Å²) >= 11 is 1.49. The van der Waals surface area contributed by atoms with Crippen LogP contribution < -0.4 is 19.5 Å². The highest BCUT2D eigenvalue weighted by Crippen LogP contribution is 2.33. The maximum absolute atomic E-state index is 12.4. The highest BCUT2D eigenvalue weighted by Gasteiger charge is 2.12. The van der Waals surface area contributed by atoms with E-state index in [-0.39, 0.29) is 12.3 Å². The topological polar surface area (TPSA) is 69.7 Å². The van der Waals surface area contributed by atoms with Gasteiger partial charge >= 0.3 is 0 Å². The number of thiazole rings is 1. The number of hydrogen-bond acceptors (Lipinski definition) is 6. The van der Waals surface area contributed by atoms with Gasteiger partial charge in [0.05, 0.1) is 26.3 Å². The van der Waals surface area contributed by atoms with Crippen molar-refractivity contribution in [3.05, 3.63) is 95.0 Å². The molecule has 0 saturated carbocycles. The first kappa shape index (κ1) is 23.3. The minimum atomic E-state index is -0.0754. The Morgan fingerprint density at radius 1 is 0.912 bits per heavy atom. The second-order valence-corrected chi connectivity index (χ2v) is 8.44. The summed E-state index contributed by atoms with van der Waals surface area (Å²) in [6, 6.07) is 23.4. The number of ether oxygens (including phenoxy) is 3. The van der Waals surface area contributed by atoms with Crippen molar-refractivity contribution in [2.45, 2.75) is 19.6 Å². The fourth-order valence-electron chi connectivity index (χ4n) is 3.36. The zero-order valence-corrected chi connectivity index (χ0v) is 19.9. The van der Waals surface area contributed by atoms with Crippen molar-refractivity contribution < 1.29 is 19.0 Å². The smallest absolute Gasteiger partial charge is 0.226 e. The molecule has 7 heteroatoms. The van der Waals surface area contributed by atoms with Crippen molar-refractivity contribution in [3.63, 3.8) is 0 Å². The van der Waals surface area contributed by atoms with Crippen LogP contribution in [0.2, 0.25) is 0 Å². The van der Waals surface area contributed by atoms with E-state index in [0.717, 1.165) is 33.1 Å². The first-order valence-electron chi connectivity index (χ1n) is 10.8. The molecule has 1 amide bonds. The summed E-state index contributed by atoms with van der Waals surface area (Å²) < 4.78 is 16.5. The molecule has 0 radical (unpaired) electrons. The van der Waals surface area contributed by atoms with Crippen molar-refractivity contribution in [2.75, 3.05) is 14.2 Å². The van der Waals surface area contributed by atoms with E-state index in [9.17, 15) is 4.79 Å². The SMILES string of the molecule is COc1ccc(-c2nc(CC(=O)NCc3ccc(OCc4ccccc4)cc3)cs2)cc1OC. The number of hydrogen-bond donors (Lipinski definition) is 1. The summed E-state index contributed by atoms with van der Waals surface area (Å²) in [5, 5.41) is 5.69. The molecule has 0 unspecified atom stereocenters. The molecule has 0 spiro atoms. The molecule has 0 saturated heterocycles. The number of aromatic nitrogens is 1. The van der Waals surface area contributed by atoms with Gasteiger partial charge in [-0.25, -0.2) is 4.98 Å². The summed E-state index contributed by atoms with van der Waals surface area (Å²) in [5.74, 6) is 2.03. The molecule has 1 aromatic heterocycles. The van der Waals surface area contributed by atoms with Gasteiger partial charge in [0.15, 0.2) is 11.5 Å². The Bertz CT molecular complexity index is 1220. The number of nitrogens with one attached hydrogen (secondary N) is 1. The van der Waals surface area contributed by atoms with Gasteiger partial charge in [-0.3, -0.25) is 4.79 Å². The fourth-order valence-corrected chi connectivity index (χ4v) is 4.18. The van der Waals surface area contributed by atoms with E-state index >= 15 is 0 Å². The van der Waals surface area contributed by atoms with Gasteiger partial charge in [-0.05, 0) is 41.5 Å². The van der Waals surface area contributed by atoms with Crippen molar-refractivity contribution in [1.82, 2.24) is 10.3 Å². The fraction of sp³-hybridized carbons (Fsp3) is 0.185. The van der Waals surface area contributed by atoms with Gasteiger partial charge in [0.2, 0.25) is 5.91 Å². The number of carbonyl (C=O) groups is 1. The molecule has 34 heavy (non-hydrogen) atoms. The first-order valence-corrected chi connectivity index (χ1v) is 11.7. The van der Waals surface area contributed by atoms with Gasteiger partial charge in [0.1, 0.15) is 17.4 Å². The third-order valence-electron chi connectivity index (χ3n) is 5.19. The van der Waals surface area contributed by atoms with Crippen LogP contribution in [0, 0.1) is 0 Å². The van der Waals surface area contributed by atoms with Crippen LogP contribution >= 0.6 is 11.3 Å². The van der Waals surface area contributed by atoms with Crippen molar-refractivity contribution >= 4 is 17.2 Å². The maximum Gasteiger partial charge on any atom is 0.226 e. The zero-order chi connectivity index (χ0) is 23.8. The van der Waals surface area contributed by atoms with Gasteiger partial charge < -0.3 is 19.5 Å². The number of nitrogens with zero attached hydrogens (tertiary/aromatic N) is 1. The van der Waals surface area contributed by atoms with Crippen molar-refractivity contribution in [2.24, 2.45) is 0 Å². The van der Waals surface area contributed by atoms with Crippen LogP contribution in [-0.4, -0.2) is 25.1 Å². The standard InChI is InChI=1S/C27H26N2O4S/c1-31-24-13-10-21(14-25(24)32-2)27-29-22(18-34-27)15-26(30)28-16-19-8-11-23(12-9-19)33-17-20-6-4-3-5-7-20/h3-14,18H,15-17H2,1-2H3,(H,28,30). The van der Waals surface area contributed by atoms with Gasteiger partial charge in [0, 0.05) is 17.5 Å². The van der Waals surface area contributed by atoms with E-state index < -0.39 is 0 Å². The number of amides is 1. The summed E-state index contributed by atoms with van der Waals surface area (Å²) in [6.07, 6.45) is 0.224. The second kappa shape index (κ2) is 11.3. The van der Waals surface area contributed by atoms with Crippen LogP contribution in [0.5, 0.6) is 17.2 Å². The lowest BCUT2D eigenvalue weighted by atomic mass is 10.2. The molecule has 0 aliphatic heterocycles. The molecule has 1 N–H and O–H groups in total. The molecule has 0 fully saturated rings. The van der Waals surface area contributed by atoms with Crippen LogP contribution in [0.1, 0.15) is 16.8 Å². The Labute approximate surface area is 203 Å². The second-order valence-electron chi connectivity index (χ2n) is 7.59. The molecule has 3 aromatic carbocycles. The Morgan fingerprint density at radius 2 is 1.68 bits per heavy atom. The molecular formula is C27H26N2O4S. The summed E-state index contributed by atoms with van der Waals surface area (Å²) in [7, 11) is 3.20. The van der Waals surface area contributed by atoms with Crippen LogP contribution in [0.25, 0.3) is 10.6 Å². The molecule has 0 aliphatic carbocycles. The van der Waals surface area contributed by atoms with Crippen LogP contribution in [0.4, 0.5) is 0 Å². The quantitative estimate of drug-likeness (QED) is 0.339. The van der Waals surface area contributed by atoms with E-state index in [1.165, 1.54) is 11.3 Å². The van der Waals surface area contributed by atoms with Crippen molar-refractivity contribution in [3.8, 4) is 27.8 Å². The van der Waals surface area contributed by atoms with Gasteiger partial charge in [0.25, 0.3) is 0 Å². The third kappa shape index (κ3) is 6.14. The molecule has 4 rings (SSSR count). The van der Waals surface area contributed by atoms with Crippen LogP contribution in [0.15, 0.2) is 78.2 Å². The highest BCUT2D eigenvalue weighted by atomic mass is 32.1. The zero-order valence-electron chi connectivity index (χ0n) is 19.1. The highest BCUT2D eigenvalue weighted by molar-refractivity contribution is 7.13. The Kier molecular flexibility index (Phi) is 7.78. The number of carbonyl (C=O) groups excluding carboxylic acids is 1. The molecule has 0 atom stereocenters. The number of rotatable bonds is 10. The van der Waals surface area contributed by atoms with Gasteiger partial charge in [-0.15, -0.1) is 11.3 Å². The van der Waals surface area contributed by atoms with Crippen LogP contribution in [-0.2, 0) is 24.4 Å². The largest absolute Gasteiger partial charge is 0.493 e. The molecular weight excluding hydrogens is 448 g/mol. The molecule has 4 aromatic rings. The summed E-state index contributed by atoms with van der Waals surface area (Å²) in [4.78, 5) is 17.0. The first-order chi connectivity index (χ1) is 16.6. The predicted octanol–water partition coefficient (Wildman–Crippen LogP) is 5.27. The van der Waals surface area contributed by atoms with Crippen molar-refractivity contribution in [1.29, 1.82) is 0 Å². The van der Waals surface area contributed by atoms with Gasteiger partial charge in [-0.1, -0.05) is 42.5 Å². The van der Waals surface area contributed by atoms with E-state index in [1.54, 1.807) is 14.2 Å². The molecule has 174 valence electrons. The lowest BCUT2D eigenvalue weighted by molar-refractivity contribution is -0.120. The average Bonchev–Trinajstić information content (AvgIpc) is 3.35. The Balaban J connectivity index is 1.27. The third-order valence-corrected chi connectivity index (χ3v) is 6.13. The summed E-state index contributed by atoms with van der Waals surface area (Å²) in [5.41, 5.74) is 3.78. The van der Waals surface area contributed by atoms with E-state index in [2.05, 4.69) is 10.3 Å². The number of methoxy groups -OCH3 is 2. The average molecular weight is 475 g/mol. The predicted molar refractivity (Wildman–Crippen MR) is 133 cm³/mol. The lowest BCUT2D eigenvalue weighted by Crippen LogP contribution is -2.24. The number of benzene rings is 3. The normalized spacial score (nSPS) is 10.5. The van der Waals surface area contributed by atoms with E-state index in [1.807, 2.05) is 78.2 Å². The van der Waals surface area contributed by atoms with E-state index in [4.69, 9.17) is 14.2 Å². The Hall–Kier alpha value is -3.84. The minimum absolute atomic E-state index is 0.0754. The Morgan fingerprint density at radius 3 is 2.41 bits per heavy atom. The monoisotopic (exact) mass is 474 g/mol. The van der Waals surface area contributed by atoms with Gasteiger partial charge in [-0.2, -0.15) is 0 Å². The molecule has 0 bridgehead atoms. The minimum Gasteiger partial charge on any atom is -0.493 e. The molecule has 1 heterocycles.